The summed E-state index contributed by atoms with van der Waals surface area (Å²) in [5.74, 6) is 0. The van der Waals surface area contributed by atoms with Crippen LogP contribution in [0.5, 0.6) is 0 Å². The number of aromatic nitrogens is 3. The molecule has 2 heterocycles. The van der Waals surface area contributed by atoms with Gasteiger partial charge in [0, 0.05) is 18.9 Å². The number of nitrogens with one attached hydrogen (secondary N) is 2. The van der Waals surface area contributed by atoms with Crippen LogP contribution in [-0.2, 0) is 16.6 Å². The maximum atomic E-state index is 12.3. The van der Waals surface area contributed by atoms with Gasteiger partial charge < -0.3 is 5.32 Å². The molecule has 0 aliphatic carbocycles. The molecule has 0 spiro atoms. The molecule has 0 aliphatic heterocycles. The molecule has 7 nitrogen and oxygen atoms in total. The number of hydrogen-bond donors (Lipinski definition) is 2. The van der Waals surface area contributed by atoms with E-state index in [0.717, 1.165) is 18.5 Å². The van der Waals surface area contributed by atoms with Crippen LogP contribution in [0.25, 0.3) is 0 Å². The minimum Gasteiger partial charge on any atom is -0.320 e. The summed E-state index contributed by atoms with van der Waals surface area (Å²) in [6.07, 6.45) is 6.88. The zero-order valence-electron chi connectivity index (χ0n) is 12.1. The number of nitrogens with zero attached hydrogens (tertiary/aromatic N) is 3. The molecule has 0 aromatic carbocycles. The number of anilines is 1. The Morgan fingerprint density at radius 2 is 2.14 bits per heavy atom. The predicted octanol–water partition coefficient (Wildman–Crippen LogP) is 0.997. The van der Waals surface area contributed by atoms with Crippen LogP contribution in [0.2, 0.25) is 0 Å². The second-order valence-corrected chi connectivity index (χ2v) is 6.37. The molecule has 0 aliphatic rings. The largest absolute Gasteiger partial charge is 0.320 e. The Kier molecular flexibility index (Phi) is 4.92. The lowest BCUT2D eigenvalue weighted by atomic mass is 10.3. The Morgan fingerprint density at radius 3 is 2.86 bits per heavy atom. The zero-order chi connectivity index (χ0) is 15.3. The van der Waals surface area contributed by atoms with Gasteiger partial charge in [-0.15, -0.1) is 0 Å². The molecule has 0 saturated heterocycles. The van der Waals surface area contributed by atoms with Crippen LogP contribution in [0.1, 0.15) is 12.0 Å². The van der Waals surface area contributed by atoms with E-state index in [1.54, 1.807) is 16.9 Å². The third kappa shape index (κ3) is 4.02. The lowest BCUT2D eigenvalue weighted by Gasteiger charge is -2.08. The summed E-state index contributed by atoms with van der Waals surface area (Å²) < 4.78 is 28.7. The summed E-state index contributed by atoms with van der Waals surface area (Å²) in [6, 6.07) is 1.75. The molecular formula is C13H19N5O2S. The molecule has 2 rings (SSSR count). The first-order valence-corrected chi connectivity index (χ1v) is 8.12. The van der Waals surface area contributed by atoms with E-state index in [1.807, 2.05) is 14.0 Å². The van der Waals surface area contributed by atoms with Crippen LogP contribution >= 0.6 is 0 Å². The molecule has 21 heavy (non-hydrogen) atoms. The van der Waals surface area contributed by atoms with Crippen LogP contribution in [0.4, 0.5) is 5.69 Å². The lowest BCUT2D eigenvalue weighted by molar-refractivity contribution is 0.561. The van der Waals surface area contributed by atoms with Gasteiger partial charge in [0.05, 0.1) is 18.1 Å². The van der Waals surface area contributed by atoms with Crippen molar-refractivity contribution < 1.29 is 8.42 Å². The van der Waals surface area contributed by atoms with E-state index < -0.39 is 10.0 Å². The van der Waals surface area contributed by atoms with Gasteiger partial charge in [-0.1, -0.05) is 0 Å². The van der Waals surface area contributed by atoms with Crippen molar-refractivity contribution in [2.75, 3.05) is 18.3 Å². The molecule has 0 unspecified atom stereocenters. The van der Waals surface area contributed by atoms with Crippen molar-refractivity contribution in [3.63, 3.8) is 0 Å². The smallest absolute Gasteiger partial charge is 0.265 e. The molecule has 0 fully saturated rings. The highest BCUT2D eigenvalue weighted by Gasteiger charge is 2.17. The van der Waals surface area contributed by atoms with Gasteiger partial charge in [-0.05, 0) is 38.6 Å². The summed E-state index contributed by atoms with van der Waals surface area (Å²) in [4.78, 5) is 4.07. The molecule has 0 saturated carbocycles. The first kappa shape index (κ1) is 15.5. The van der Waals surface area contributed by atoms with Crippen molar-refractivity contribution in [2.24, 2.45) is 0 Å². The zero-order valence-corrected chi connectivity index (χ0v) is 12.9. The van der Waals surface area contributed by atoms with Crippen LogP contribution < -0.4 is 10.0 Å². The van der Waals surface area contributed by atoms with Crippen molar-refractivity contribution in [1.29, 1.82) is 0 Å². The fraction of sp³-hybridized carbons (Fsp3) is 0.385. The Morgan fingerprint density at radius 1 is 1.33 bits per heavy atom. The second-order valence-electron chi connectivity index (χ2n) is 4.69. The summed E-state index contributed by atoms with van der Waals surface area (Å²) >= 11 is 0. The molecule has 2 aromatic heterocycles. The van der Waals surface area contributed by atoms with Crippen molar-refractivity contribution in [2.45, 2.75) is 24.8 Å². The quantitative estimate of drug-likeness (QED) is 0.745. The first-order valence-electron chi connectivity index (χ1n) is 6.63. The van der Waals surface area contributed by atoms with E-state index in [1.165, 1.54) is 18.6 Å². The molecule has 2 N–H and O–H groups in total. The molecule has 0 radical (unpaired) electrons. The lowest BCUT2D eigenvalue weighted by Crippen LogP contribution is -2.13. The van der Waals surface area contributed by atoms with Crippen LogP contribution in [0, 0.1) is 6.92 Å². The second kappa shape index (κ2) is 6.68. The summed E-state index contributed by atoms with van der Waals surface area (Å²) in [5, 5.41) is 7.11. The third-order valence-corrected chi connectivity index (χ3v) is 4.34. The monoisotopic (exact) mass is 309 g/mol. The van der Waals surface area contributed by atoms with E-state index in [0.29, 0.717) is 12.2 Å². The first-order chi connectivity index (χ1) is 10.0. The highest BCUT2D eigenvalue weighted by molar-refractivity contribution is 7.92. The molecule has 0 bridgehead atoms. The Balaban J connectivity index is 2.11. The predicted molar refractivity (Wildman–Crippen MR) is 80.6 cm³/mol. The Bertz CT molecular complexity index is 696. The van der Waals surface area contributed by atoms with Gasteiger partial charge in [-0.2, -0.15) is 5.10 Å². The maximum Gasteiger partial charge on any atom is 0.265 e. The minimum atomic E-state index is -3.63. The number of hydrogen-bond acceptors (Lipinski definition) is 5. The van der Waals surface area contributed by atoms with Crippen molar-refractivity contribution in [1.82, 2.24) is 20.1 Å². The van der Waals surface area contributed by atoms with E-state index >= 15 is 0 Å². The SMILES string of the molecule is CNCCCn1cc(S(=O)(=O)Nc2cnccc2C)cn1. The minimum absolute atomic E-state index is 0.148. The number of rotatable bonds is 7. The van der Waals surface area contributed by atoms with Gasteiger partial charge in [-0.25, -0.2) is 8.42 Å². The molecule has 0 amide bonds. The van der Waals surface area contributed by atoms with E-state index in [4.69, 9.17) is 0 Å². The van der Waals surface area contributed by atoms with Crippen LogP contribution in [0.15, 0.2) is 35.7 Å². The normalized spacial score (nSPS) is 11.5. The highest BCUT2D eigenvalue weighted by atomic mass is 32.2. The molecule has 2 aromatic rings. The summed E-state index contributed by atoms with van der Waals surface area (Å²) in [5.41, 5.74) is 1.29. The average Bonchev–Trinajstić information content (AvgIpc) is 2.91. The fourth-order valence-corrected chi connectivity index (χ4v) is 2.87. The van der Waals surface area contributed by atoms with E-state index in [-0.39, 0.29) is 4.90 Å². The van der Waals surface area contributed by atoms with E-state index in [2.05, 4.69) is 20.1 Å². The summed E-state index contributed by atoms with van der Waals surface area (Å²) in [7, 11) is -1.76. The number of pyridine rings is 1. The van der Waals surface area contributed by atoms with E-state index in [9.17, 15) is 8.42 Å². The summed E-state index contributed by atoms with van der Waals surface area (Å²) in [6.45, 7) is 3.35. The van der Waals surface area contributed by atoms with Gasteiger partial charge in [-0.3, -0.25) is 14.4 Å². The van der Waals surface area contributed by atoms with Crippen molar-refractivity contribution in [3.05, 3.63) is 36.4 Å². The van der Waals surface area contributed by atoms with Crippen molar-refractivity contribution in [3.8, 4) is 0 Å². The third-order valence-electron chi connectivity index (χ3n) is 3.02. The van der Waals surface area contributed by atoms with Gasteiger partial charge in [0.2, 0.25) is 0 Å². The number of aryl methyl sites for hydroxylation is 2. The van der Waals surface area contributed by atoms with Gasteiger partial charge in [0.25, 0.3) is 10.0 Å². The maximum absolute atomic E-state index is 12.3. The van der Waals surface area contributed by atoms with Crippen LogP contribution in [-0.4, -0.2) is 36.8 Å². The molecule has 8 heteroatoms. The van der Waals surface area contributed by atoms with Crippen molar-refractivity contribution >= 4 is 15.7 Å². The van der Waals surface area contributed by atoms with Crippen LogP contribution in [0.3, 0.4) is 0 Å². The topological polar surface area (TPSA) is 88.9 Å². The highest BCUT2D eigenvalue weighted by Crippen LogP contribution is 2.17. The molecule has 0 atom stereocenters. The standard InChI is InChI=1S/C13H19N5O2S/c1-11-4-6-15-9-13(11)17-21(19,20)12-8-16-18(10-12)7-3-5-14-2/h4,6,8-10,14,17H,3,5,7H2,1-2H3. The number of sulfonamides is 1. The van der Waals surface area contributed by atoms with Gasteiger partial charge in [0.1, 0.15) is 4.90 Å². The van der Waals surface area contributed by atoms with Gasteiger partial charge in [0.15, 0.2) is 0 Å². The average molecular weight is 309 g/mol. The molecule has 114 valence electrons. The van der Waals surface area contributed by atoms with Gasteiger partial charge >= 0.3 is 0 Å². The fourth-order valence-electron chi connectivity index (χ4n) is 1.80. The molecular weight excluding hydrogens is 290 g/mol. The Labute approximate surface area is 124 Å². The Hall–Kier alpha value is -1.93.